The van der Waals surface area contributed by atoms with E-state index >= 15 is 0 Å². The Labute approximate surface area is 167 Å². The molecule has 0 aromatic carbocycles. The van der Waals surface area contributed by atoms with Crippen LogP contribution in [0, 0.1) is 5.92 Å². The van der Waals surface area contributed by atoms with Crippen molar-refractivity contribution in [1.29, 1.82) is 0 Å². The van der Waals surface area contributed by atoms with E-state index in [9.17, 15) is 9.59 Å². The highest BCUT2D eigenvalue weighted by molar-refractivity contribution is 5.94. The van der Waals surface area contributed by atoms with Gasteiger partial charge < -0.3 is 19.9 Å². The molecule has 2 aliphatic rings. The molecule has 2 aliphatic heterocycles. The average molecular weight is 389 g/mol. The summed E-state index contributed by atoms with van der Waals surface area (Å²) in [7, 11) is 1.69. The number of likely N-dealkylation sites (tertiary alicyclic amines) is 2. The number of anilines is 1. The number of carbonyl (C=O) groups excluding carboxylic acids is 2. The Bertz CT molecular complexity index is 656. The molecule has 3 heterocycles. The van der Waals surface area contributed by atoms with Crippen LogP contribution in [0.25, 0.3) is 0 Å². The molecule has 0 spiro atoms. The molecule has 1 N–H and O–H groups in total. The minimum atomic E-state index is 0.0404. The fourth-order valence-corrected chi connectivity index (χ4v) is 3.99. The van der Waals surface area contributed by atoms with E-state index in [-0.39, 0.29) is 17.9 Å². The second-order valence-electron chi connectivity index (χ2n) is 7.82. The standard InChI is InChI=1S/C21H32N4O3/c1-3-18(15-28-2)23-19-7-6-17(13-22-19)21(27)24-11-8-16(9-12-24)14-25-10-4-5-20(25)26/h6-7,13,16,18H,3-5,8-12,14-15H2,1-2H3,(H,22,23). The summed E-state index contributed by atoms with van der Waals surface area (Å²) in [4.78, 5) is 32.9. The lowest BCUT2D eigenvalue weighted by Crippen LogP contribution is -2.41. The molecule has 2 amide bonds. The van der Waals surface area contributed by atoms with Crippen LogP contribution in [-0.2, 0) is 9.53 Å². The molecule has 154 valence electrons. The highest BCUT2D eigenvalue weighted by Gasteiger charge is 2.28. The molecule has 0 bridgehead atoms. The summed E-state index contributed by atoms with van der Waals surface area (Å²) in [6, 6.07) is 3.91. The van der Waals surface area contributed by atoms with Crippen molar-refractivity contribution >= 4 is 17.6 Å². The number of hydrogen-bond acceptors (Lipinski definition) is 5. The molecule has 1 aromatic heterocycles. The zero-order valence-electron chi connectivity index (χ0n) is 17.0. The number of nitrogens with zero attached hydrogens (tertiary/aromatic N) is 3. The van der Waals surface area contributed by atoms with Crippen LogP contribution in [0.4, 0.5) is 5.82 Å². The van der Waals surface area contributed by atoms with Crippen LogP contribution in [0.1, 0.15) is 49.4 Å². The number of hydrogen-bond donors (Lipinski definition) is 1. The molecule has 1 aromatic rings. The van der Waals surface area contributed by atoms with Crippen LogP contribution < -0.4 is 5.32 Å². The number of nitrogens with one attached hydrogen (secondary N) is 1. The number of rotatable bonds is 8. The first kappa shape index (κ1) is 20.6. The van der Waals surface area contributed by atoms with E-state index in [1.807, 2.05) is 21.9 Å². The van der Waals surface area contributed by atoms with Gasteiger partial charge in [-0.05, 0) is 43.7 Å². The van der Waals surface area contributed by atoms with E-state index in [1.165, 1.54) is 0 Å². The predicted molar refractivity (Wildman–Crippen MR) is 108 cm³/mol. The quantitative estimate of drug-likeness (QED) is 0.740. The van der Waals surface area contributed by atoms with Crippen molar-refractivity contribution in [3.05, 3.63) is 23.9 Å². The Balaban J connectivity index is 1.48. The Morgan fingerprint density at radius 2 is 2.11 bits per heavy atom. The van der Waals surface area contributed by atoms with Crippen LogP contribution in [0.15, 0.2) is 18.3 Å². The number of piperidine rings is 1. The monoisotopic (exact) mass is 388 g/mol. The van der Waals surface area contributed by atoms with Crippen molar-refractivity contribution in [2.24, 2.45) is 5.92 Å². The largest absolute Gasteiger partial charge is 0.383 e. The summed E-state index contributed by atoms with van der Waals surface area (Å²) < 4.78 is 5.19. The molecule has 0 aliphatic carbocycles. The van der Waals surface area contributed by atoms with Gasteiger partial charge in [-0.15, -0.1) is 0 Å². The molecular weight excluding hydrogens is 356 g/mol. The second-order valence-corrected chi connectivity index (χ2v) is 7.82. The highest BCUT2D eigenvalue weighted by Crippen LogP contribution is 2.22. The lowest BCUT2D eigenvalue weighted by molar-refractivity contribution is -0.128. The fraction of sp³-hybridized carbons (Fsp3) is 0.667. The number of ether oxygens (including phenoxy) is 1. The van der Waals surface area contributed by atoms with Gasteiger partial charge in [0.05, 0.1) is 18.2 Å². The van der Waals surface area contributed by atoms with Crippen LogP contribution in [0.2, 0.25) is 0 Å². The first-order chi connectivity index (χ1) is 13.6. The van der Waals surface area contributed by atoms with E-state index in [0.29, 0.717) is 24.5 Å². The van der Waals surface area contributed by atoms with Crippen LogP contribution in [0.5, 0.6) is 0 Å². The third-order valence-electron chi connectivity index (χ3n) is 5.77. The van der Waals surface area contributed by atoms with Crippen LogP contribution >= 0.6 is 0 Å². The zero-order valence-corrected chi connectivity index (χ0v) is 17.0. The summed E-state index contributed by atoms with van der Waals surface area (Å²) in [5.41, 5.74) is 0.624. The van der Waals surface area contributed by atoms with Crippen molar-refractivity contribution in [2.45, 2.75) is 45.1 Å². The Morgan fingerprint density at radius 1 is 1.32 bits per heavy atom. The van der Waals surface area contributed by atoms with E-state index in [0.717, 1.165) is 57.7 Å². The summed E-state index contributed by atoms with van der Waals surface area (Å²) in [5.74, 6) is 1.59. The van der Waals surface area contributed by atoms with Gasteiger partial charge in [-0.1, -0.05) is 6.92 Å². The Hall–Kier alpha value is -2.15. The number of pyridine rings is 1. The molecule has 3 rings (SSSR count). The third kappa shape index (κ3) is 5.22. The molecule has 7 heteroatoms. The van der Waals surface area contributed by atoms with E-state index in [2.05, 4.69) is 17.2 Å². The Kier molecular flexibility index (Phi) is 7.25. The van der Waals surface area contributed by atoms with E-state index in [1.54, 1.807) is 13.3 Å². The summed E-state index contributed by atoms with van der Waals surface area (Å²) in [6.07, 6.45) is 6.18. The average Bonchev–Trinajstić information content (AvgIpc) is 3.12. The minimum Gasteiger partial charge on any atom is -0.383 e. The summed E-state index contributed by atoms with van der Waals surface area (Å²) >= 11 is 0. The molecule has 7 nitrogen and oxygen atoms in total. The predicted octanol–water partition coefficient (Wildman–Crippen LogP) is 2.39. The molecule has 2 saturated heterocycles. The van der Waals surface area contributed by atoms with Gasteiger partial charge in [-0.2, -0.15) is 0 Å². The zero-order chi connectivity index (χ0) is 19.9. The summed E-state index contributed by atoms with van der Waals surface area (Å²) in [5, 5.41) is 3.33. The van der Waals surface area contributed by atoms with Crippen molar-refractivity contribution < 1.29 is 14.3 Å². The number of carbonyl (C=O) groups is 2. The van der Waals surface area contributed by atoms with Gasteiger partial charge in [0.1, 0.15) is 5.82 Å². The van der Waals surface area contributed by atoms with E-state index in [4.69, 9.17) is 4.74 Å². The first-order valence-corrected chi connectivity index (χ1v) is 10.4. The molecule has 28 heavy (non-hydrogen) atoms. The van der Waals surface area contributed by atoms with Gasteiger partial charge >= 0.3 is 0 Å². The van der Waals surface area contributed by atoms with Gasteiger partial charge in [0.25, 0.3) is 5.91 Å². The minimum absolute atomic E-state index is 0.0404. The van der Waals surface area contributed by atoms with Crippen LogP contribution in [-0.4, -0.2) is 72.5 Å². The first-order valence-electron chi connectivity index (χ1n) is 10.4. The van der Waals surface area contributed by atoms with Gasteiger partial charge in [-0.3, -0.25) is 9.59 Å². The lowest BCUT2D eigenvalue weighted by atomic mass is 9.96. The maximum Gasteiger partial charge on any atom is 0.255 e. The Morgan fingerprint density at radius 3 is 2.68 bits per heavy atom. The molecule has 0 saturated carbocycles. The smallest absolute Gasteiger partial charge is 0.255 e. The maximum absolute atomic E-state index is 12.8. The van der Waals surface area contributed by atoms with Crippen molar-refractivity contribution in [2.75, 3.05) is 45.2 Å². The van der Waals surface area contributed by atoms with Crippen molar-refractivity contribution in [3.63, 3.8) is 0 Å². The SMILES string of the molecule is CCC(COC)Nc1ccc(C(=O)N2CCC(CN3CCCC3=O)CC2)cn1. The molecule has 1 atom stereocenters. The molecule has 0 radical (unpaired) electrons. The van der Waals surface area contributed by atoms with Crippen molar-refractivity contribution in [3.8, 4) is 0 Å². The molecule has 1 unspecified atom stereocenters. The normalized spacial score (nSPS) is 19.1. The topological polar surface area (TPSA) is 74.8 Å². The van der Waals surface area contributed by atoms with Crippen LogP contribution in [0.3, 0.4) is 0 Å². The maximum atomic E-state index is 12.8. The number of methoxy groups -OCH3 is 1. The molecule has 2 fully saturated rings. The summed E-state index contributed by atoms with van der Waals surface area (Å²) in [6.45, 7) is 5.96. The third-order valence-corrected chi connectivity index (χ3v) is 5.77. The number of aromatic nitrogens is 1. The van der Waals surface area contributed by atoms with Gasteiger partial charge in [-0.25, -0.2) is 4.98 Å². The number of amides is 2. The van der Waals surface area contributed by atoms with Gasteiger partial charge in [0.2, 0.25) is 5.91 Å². The second kappa shape index (κ2) is 9.87. The highest BCUT2D eigenvalue weighted by atomic mass is 16.5. The van der Waals surface area contributed by atoms with Crippen molar-refractivity contribution in [1.82, 2.24) is 14.8 Å². The van der Waals surface area contributed by atoms with Gasteiger partial charge in [0.15, 0.2) is 0 Å². The lowest BCUT2D eigenvalue weighted by Gasteiger charge is -2.34. The van der Waals surface area contributed by atoms with Gasteiger partial charge in [0, 0.05) is 45.9 Å². The fourth-order valence-electron chi connectivity index (χ4n) is 3.99. The van der Waals surface area contributed by atoms with E-state index < -0.39 is 0 Å². The molecular formula is C21H32N4O3.